The second-order valence-electron chi connectivity index (χ2n) is 4.70. The molecule has 0 fully saturated rings. The summed E-state index contributed by atoms with van der Waals surface area (Å²) in [5.41, 5.74) is 0. The van der Waals surface area contributed by atoms with Crippen molar-refractivity contribution < 1.29 is 14.7 Å². The zero-order chi connectivity index (χ0) is 14.1. The Morgan fingerprint density at radius 1 is 1.28 bits per heavy atom. The minimum Gasteiger partial charge on any atom is -0.480 e. The molecule has 0 aromatic rings. The number of carbonyl (C=O) groups excluding carboxylic acids is 1. The number of hydrogen-bond acceptors (Lipinski definition) is 3. The lowest BCUT2D eigenvalue weighted by molar-refractivity contribution is -0.139. The van der Waals surface area contributed by atoms with Gasteiger partial charge < -0.3 is 15.7 Å². The summed E-state index contributed by atoms with van der Waals surface area (Å²) < 4.78 is 0. The predicted molar refractivity (Wildman–Crippen MR) is 75.0 cm³/mol. The molecule has 0 radical (unpaired) electrons. The van der Waals surface area contributed by atoms with Gasteiger partial charge in [-0.25, -0.2) is 9.59 Å². The number of nitrogens with one attached hydrogen (secondary N) is 2. The Hall–Kier alpha value is -0.910. The van der Waals surface area contributed by atoms with Gasteiger partial charge in [-0.3, -0.25) is 0 Å². The molecule has 18 heavy (non-hydrogen) atoms. The van der Waals surface area contributed by atoms with Gasteiger partial charge in [0.25, 0.3) is 0 Å². The van der Waals surface area contributed by atoms with Crippen molar-refractivity contribution in [2.24, 2.45) is 5.92 Å². The highest BCUT2D eigenvalue weighted by molar-refractivity contribution is 7.98. The largest absolute Gasteiger partial charge is 0.480 e. The summed E-state index contributed by atoms with van der Waals surface area (Å²) >= 11 is 1.65. The maximum Gasteiger partial charge on any atom is 0.326 e. The lowest BCUT2D eigenvalue weighted by atomic mass is 10.0. The average molecular weight is 276 g/mol. The van der Waals surface area contributed by atoms with E-state index in [1.165, 1.54) is 0 Å². The zero-order valence-corrected chi connectivity index (χ0v) is 12.3. The average Bonchev–Trinajstić information content (AvgIpc) is 2.26. The third kappa shape index (κ3) is 7.42. The van der Waals surface area contributed by atoms with Gasteiger partial charge in [0.1, 0.15) is 6.04 Å². The standard InChI is InChI=1S/C12H24N2O3S/c1-5-9(7-18-4)13-12(17)14-10(11(15)16)6-8(2)3/h8-10H,5-7H2,1-4H3,(H,15,16)(H2,13,14,17). The molecule has 2 amide bonds. The van der Waals surface area contributed by atoms with Gasteiger partial charge >= 0.3 is 12.0 Å². The lowest BCUT2D eigenvalue weighted by Gasteiger charge is -2.20. The van der Waals surface area contributed by atoms with Crippen molar-refractivity contribution in [3.63, 3.8) is 0 Å². The molecule has 0 bridgehead atoms. The molecule has 3 N–H and O–H groups in total. The van der Waals surface area contributed by atoms with E-state index in [1.54, 1.807) is 11.8 Å². The lowest BCUT2D eigenvalue weighted by Crippen LogP contribution is -2.49. The molecule has 0 saturated heterocycles. The number of urea groups is 1. The molecule has 2 atom stereocenters. The molecular formula is C12H24N2O3S. The maximum absolute atomic E-state index is 11.7. The zero-order valence-electron chi connectivity index (χ0n) is 11.5. The molecule has 0 saturated carbocycles. The highest BCUT2D eigenvalue weighted by Gasteiger charge is 2.21. The minimum absolute atomic E-state index is 0.0773. The van der Waals surface area contributed by atoms with Gasteiger partial charge in [0.05, 0.1) is 0 Å². The van der Waals surface area contributed by atoms with Gasteiger partial charge in [0, 0.05) is 11.8 Å². The fraction of sp³-hybridized carbons (Fsp3) is 0.833. The first-order valence-corrected chi connectivity index (χ1v) is 7.58. The Bertz CT molecular complexity index is 272. The van der Waals surface area contributed by atoms with Crippen molar-refractivity contribution in [2.75, 3.05) is 12.0 Å². The molecule has 0 aromatic carbocycles. The Balaban J connectivity index is 4.28. The number of rotatable bonds is 8. The van der Waals surface area contributed by atoms with Crippen LogP contribution in [0, 0.1) is 5.92 Å². The van der Waals surface area contributed by atoms with Crippen molar-refractivity contribution in [3.05, 3.63) is 0 Å². The second kappa shape index (κ2) is 9.08. The summed E-state index contributed by atoms with van der Waals surface area (Å²) in [5.74, 6) is 0.0580. The van der Waals surface area contributed by atoms with Crippen molar-refractivity contribution >= 4 is 23.8 Å². The molecular weight excluding hydrogens is 252 g/mol. The Kier molecular flexibility index (Phi) is 8.62. The van der Waals surface area contributed by atoms with Gasteiger partial charge in [-0.2, -0.15) is 11.8 Å². The number of thioether (sulfide) groups is 1. The van der Waals surface area contributed by atoms with E-state index in [0.717, 1.165) is 12.2 Å². The molecule has 6 heteroatoms. The number of amides is 2. The third-order valence-corrected chi connectivity index (χ3v) is 3.24. The van der Waals surface area contributed by atoms with Crippen molar-refractivity contribution in [2.45, 2.75) is 45.7 Å². The molecule has 2 unspecified atom stereocenters. The summed E-state index contributed by atoms with van der Waals surface area (Å²) in [4.78, 5) is 22.7. The van der Waals surface area contributed by atoms with Crippen molar-refractivity contribution in [1.82, 2.24) is 10.6 Å². The fourth-order valence-corrected chi connectivity index (χ4v) is 2.26. The van der Waals surface area contributed by atoms with Crippen LogP contribution in [0.1, 0.15) is 33.6 Å². The van der Waals surface area contributed by atoms with E-state index < -0.39 is 18.0 Å². The topological polar surface area (TPSA) is 78.4 Å². The summed E-state index contributed by atoms with van der Waals surface area (Å²) in [6, 6.07) is -1.14. The normalized spacial score (nSPS) is 14.1. The van der Waals surface area contributed by atoms with Crippen LogP contribution < -0.4 is 10.6 Å². The van der Waals surface area contributed by atoms with Crippen molar-refractivity contribution in [1.29, 1.82) is 0 Å². The molecule has 0 heterocycles. The van der Waals surface area contributed by atoms with E-state index in [4.69, 9.17) is 5.11 Å². The SMILES string of the molecule is CCC(CSC)NC(=O)NC(CC(C)C)C(=O)O. The smallest absolute Gasteiger partial charge is 0.326 e. The van der Waals surface area contributed by atoms with Crippen LogP contribution in [0.3, 0.4) is 0 Å². The number of carboxylic acid groups (broad SMARTS) is 1. The Morgan fingerprint density at radius 3 is 2.28 bits per heavy atom. The van der Waals surface area contributed by atoms with Gasteiger partial charge in [0.15, 0.2) is 0 Å². The first kappa shape index (κ1) is 17.1. The van der Waals surface area contributed by atoms with E-state index in [0.29, 0.717) is 6.42 Å². The summed E-state index contributed by atoms with van der Waals surface area (Å²) in [7, 11) is 0. The Labute approximate surface area is 113 Å². The highest BCUT2D eigenvalue weighted by atomic mass is 32.2. The number of hydrogen-bond donors (Lipinski definition) is 3. The quantitative estimate of drug-likeness (QED) is 0.633. The van der Waals surface area contributed by atoms with Gasteiger partial charge in [-0.05, 0) is 25.0 Å². The maximum atomic E-state index is 11.7. The van der Waals surface area contributed by atoms with Crippen LogP contribution in [0.25, 0.3) is 0 Å². The van der Waals surface area contributed by atoms with Crippen LogP contribution in [0.15, 0.2) is 0 Å². The van der Waals surface area contributed by atoms with Crippen LogP contribution in [-0.2, 0) is 4.79 Å². The van der Waals surface area contributed by atoms with E-state index in [1.807, 2.05) is 27.0 Å². The molecule has 0 aliphatic carbocycles. The van der Waals surface area contributed by atoms with Crippen LogP contribution >= 0.6 is 11.8 Å². The van der Waals surface area contributed by atoms with E-state index in [2.05, 4.69) is 10.6 Å². The van der Waals surface area contributed by atoms with E-state index >= 15 is 0 Å². The Morgan fingerprint density at radius 2 is 1.89 bits per heavy atom. The monoisotopic (exact) mass is 276 g/mol. The molecule has 0 aromatic heterocycles. The van der Waals surface area contributed by atoms with E-state index in [-0.39, 0.29) is 12.0 Å². The molecule has 0 aliphatic heterocycles. The minimum atomic E-state index is -0.989. The molecule has 106 valence electrons. The van der Waals surface area contributed by atoms with Gasteiger partial charge in [0.2, 0.25) is 0 Å². The number of carbonyl (C=O) groups is 2. The number of aliphatic carboxylic acids is 1. The third-order valence-electron chi connectivity index (χ3n) is 2.51. The van der Waals surface area contributed by atoms with Gasteiger partial charge in [-0.1, -0.05) is 20.8 Å². The van der Waals surface area contributed by atoms with Crippen molar-refractivity contribution in [3.8, 4) is 0 Å². The summed E-state index contributed by atoms with van der Waals surface area (Å²) in [6.07, 6.45) is 3.24. The summed E-state index contributed by atoms with van der Waals surface area (Å²) in [6.45, 7) is 5.85. The van der Waals surface area contributed by atoms with Crippen LogP contribution in [0.2, 0.25) is 0 Å². The first-order valence-electron chi connectivity index (χ1n) is 6.19. The summed E-state index contributed by atoms with van der Waals surface area (Å²) in [5, 5.41) is 14.3. The van der Waals surface area contributed by atoms with E-state index in [9.17, 15) is 9.59 Å². The van der Waals surface area contributed by atoms with Crippen LogP contribution in [0.4, 0.5) is 4.79 Å². The van der Waals surface area contributed by atoms with Crippen LogP contribution in [0.5, 0.6) is 0 Å². The predicted octanol–water partition coefficient (Wildman–Crippen LogP) is 1.93. The molecule has 0 spiro atoms. The molecule has 5 nitrogen and oxygen atoms in total. The van der Waals surface area contributed by atoms with Crippen LogP contribution in [-0.4, -0.2) is 41.2 Å². The highest BCUT2D eigenvalue weighted by Crippen LogP contribution is 2.05. The molecule has 0 rings (SSSR count). The molecule has 0 aliphatic rings. The second-order valence-corrected chi connectivity index (χ2v) is 5.61. The first-order chi connectivity index (χ1) is 8.40. The van der Waals surface area contributed by atoms with Gasteiger partial charge in [-0.15, -0.1) is 0 Å². The number of carboxylic acids is 1. The fourth-order valence-electron chi connectivity index (χ4n) is 1.54.